The summed E-state index contributed by atoms with van der Waals surface area (Å²) in [4.78, 5) is 10.7. The number of aldehydes is 1. The highest BCUT2D eigenvalue weighted by Gasteiger charge is 1.92. The van der Waals surface area contributed by atoms with Crippen LogP contribution in [0.2, 0.25) is 0 Å². The molecule has 1 nitrogen and oxygen atoms in total. The first-order chi connectivity index (χ1) is 12.2. The summed E-state index contributed by atoms with van der Waals surface area (Å²) in [6, 6.07) is 24.5. The quantitative estimate of drug-likeness (QED) is 0.406. The van der Waals surface area contributed by atoms with Gasteiger partial charge in [-0.25, -0.2) is 0 Å². The monoisotopic (exact) mass is 324 g/mol. The van der Waals surface area contributed by atoms with Gasteiger partial charge in [0.2, 0.25) is 0 Å². The van der Waals surface area contributed by atoms with Gasteiger partial charge in [-0.15, -0.1) is 0 Å². The molecule has 0 aliphatic heterocycles. The summed E-state index contributed by atoms with van der Waals surface area (Å²) in [6.07, 6.45) is 9.22. The molecular formula is C24H20O. The van der Waals surface area contributed by atoms with Crippen molar-refractivity contribution in [3.63, 3.8) is 0 Å². The lowest BCUT2D eigenvalue weighted by atomic mass is 10.1. The number of rotatable bonds is 5. The Morgan fingerprint density at radius 1 is 0.480 bits per heavy atom. The summed E-state index contributed by atoms with van der Waals surface area (Å²) >= 11 is 0. The van der Waals surface area contributed by atoms with Crippen LogP contribution in [0.3, 0.4) is 0 Å². The van der Waals surface area contributed by atoms with Gasteiger partial charge in [0.1, 0.15) is 6.29 Å². The van der Waals surface area contributed by atoms with Gasteiger partial charge in [0.15, 0.2) is 0 Å². The molecule has 3 aromatic rings. The molecule has 0 amide bonds. The van der Waals surface area contributed by atoms with E-state index in [2.05, 4.69) is 73.7 Å². The van der Waals surface area contributed by atoms with Crippen LogP contribution in [0.1, 0.15) is 38.2 Å². The van der Waals surface area contributed by atoms with Crippen LogP contribution in [0, 0.1) is 6.92 Å². The molecule has 25 heavy (non-hydrogen) atoms. The van der Waals surface area contributed by atoms with Crippen molar-refractivity contribution in [1.82, 2.24) is 0 Å². The molecule has 0 radical (unpaired) electrons. The van der Waals surface area contributed by atoms with E-state index < -0.39 is 0 Å². The van der Waals surface area contributed by atoms with Gasteiger partial charge in [-0.3, -0.25) is 4.79 Å². The Morgan fingerprint density at radius 2 is 0.760 bits per heavy atom. The fourth-order valence-corrected chi connectivity index (χ4v) is 2.47. The molecular weight excluding hydrogens is 304 g/mol. The van der Waals surface area contributed by atoms with E-state index in [-0.39, 0.29) is 0 Å². The van der Waals surface area contributed by atoms with Crippen LogP contribution >= 0.6 is 0 Å². The molecule has 0 aromatic heterocycles. The molecule has 0 aliphatic carbocycles. The largest absolute Gasteiger partial charge is 0.298 e. The number of hydrogen-bond acceptors (Lipinski definition) is 1. The van der Waals surface area contributed by atoms with E-state index in [1.807, 2.05) is 30.3 Å². The van der Waals surface area contributed by atoms with E-state index in [0.29, 0.717) is 5.56 Å². The third kappa shape index (κ3) is 4.89. The van der Waals surface area contributed by atoms with Gasteiger partial charge in [0.25, 0.3) is 0 Å². The number of hydrogen-bond donors (Lipinski definition) is 0. The Morgan fingerprint density at radius 3 is 1.08 bits per heavy atom. The van der Waals surface area contributed by atoms with Crippen LogP contribution in [0.5, 0.6) is 0 Å². The molecule has 3 rings (SSSR count). The summed E-state index contributed by atoms with van der Waals surface area (Å²) < 4.78 is 0. The van der Waals surface area contributed by atoms with E-state index in [1.54, 1.807) is 0 Å². The normalized spacial score (nSPS) is 11.2. The predicted molar refractivity (Wildman–Crippen MR) is 107 cm³/mol. The van der Waals surface area contributed by atoms with E-state index in [4.69, 9.17) is 0 Å². The molecule has 1 heteroatoms. The van der Waals surface area contributed by atoms with Crippen LogP contribution in [-0.4, -0.2) is 6.29 Å². The number of carbonyl (C=O) groups is 1. The highest BCUT2D eigenvalue weighted by Crippen LogP contribution is 2.13. The molecule has 0 N–H and O–H groups in total. The minimum absolute atomic E-state index is 0.696. The lowest BCUT2D eigenvalue weighted by molar-refractivity contribution is 0.112. The maximum Gasteiger partial charge on any atom is 0.150 e. The molecule has 122 valence electrons. The van der Waals surface area contributed by atoms with Gasteiger partial charge in [-0.1, -0.05) is 103 Å². The van der Waals surface area contributed by atoms with Crippen molar-refractivity contribution in [2.75, 3.05) is 0 Å². The van der Waals surface area contributed by atoms with Gasteiger partial charge in [0.05, 0.1) is 0 Å². The van der Waals surface area contributed by atoms with E-state index >= 15 is 0 Å². The summed E-state index contributed by atoms with van der Waals surface area (Å²) in [5.41, 5.74) is 6.57. The Bertz CT molecular complexity index is 880. The highest BCUT2D eigenvalue weighted by molar-refractivity contribution is 5.77. The maximum absolute atomic E-state index is 10.7. The third-order valence-electron chi connectivity index (χ3n) is 4.02. The zero-order chi connectivity index (χ0) is 17.5. The first-order valence-corrected chi connectivity index (χ1v) is 8.31. The minimum Gasteiger partial charge on any atom is -0.298 e. The molecule has 0 fully saturated rings. The summed E-state index contributed by atoms with van der Waals surface area (Å²) in [6.45, 7) is 2.09. The van der Waals surface area contributed by atoms with Crippen molar-refractivity contribution in [2.24, 2.45) is 0 Å². The van der Waals surface area contributed by atoms with Crippen molar-refractivity contribution < 1.29 is 4.79 Å². The number of aryl methyl sites for hydroxylation is 1. The second-order valence-corrected chi connectivity index (χ2v) is 6.03. The van der Waals surface area contributed by atoms with Crippen LogP contribution in [-0.2, 0) is 0 Å². The Hall–Kier alpha value is -3.19. The van der Waals surface area contributed by atoms with Crippen LogP contribution in [0.15, 0.2) is 72.8 Å². The molecule has 0 atom stereocenters. The van der Waals surface area contributed by atoms with Crippen molar-refractivity contribution >= 4 is 30.6 Å². The zero-order valence-electron chi connectivity index (χ0n) is 14.2. The van der Waals surface area contributed by atoms with Gasteiger partial charge in [0, 0.05) is 5.56 Å². The average Bonchev–Trinajstić information content (AvgIpc) is 2.67. The molecule has 0 aliphatic rings. The zero-order valence-corrected chi connectivity index (χ0v) is 14.2. The fourth-order valence-electron chi connectivity index (χ4n) is 2.47. The van der Waals surface area contributed by atoms with Gasteiger partial charge >= 0.3 is 0 Å². The SMILES string of the molecule is Cc1ccc(/C=C/c2ccc(/C=C/c3ccc(C=O)cc3)cc2)cc1. The number of carbonyl (C=O) groups excluding carboxylic acids is 1. The topological polar surface area (TPSA) is 17.1 Å². The summed E-state index contributed by atoms with van der Waals surface area (Å²) in [5.74, 6) is 0. The lowest BCUT2D eigenvalue weighted by Gasteiger charge is -1.98. The van der Waals surface area contributed by atoms with Crippen molar-refractivity contribution in [2.45, 2.75) is 6.92 Å². The lowest BCUT2D eigenvalue weighted by Crippen LogP contribution is -1.79. The van der Waals surface area contributed by atoms with Gasteiger partial charge in [-0.05, 0) is 29.2 Å². The molecule has 0 saturated heterocycles. The van der Waals surface area contributed by atoms with Crippen LogP contribution < -0.4 is 0 Å². The standard InChI is InChI=1S/C24H20O/c1-19-2-4-20(5-3-19)6-7-21-8-10-22(11-9-21)12-13-23-14-16-24(18-25)17-15-23/h2-18H,1H3/b7-6+,13-12+. The predicted octanol–water partition coefficient (Wildman–Crippen LogP) is 6.15. The van der Waals surface area contributed by atoms with Crippen LogP contribution in [0.4, 0.5) is 0 Å². The second kappa shape index (κ2) is 8.07. The van der Waals surface area contributed by atoms with Crippen molar-refractivity contribution in [1.29, 1.82) is 0 Å². The summed E-state index contributed by atoms with van der Waals surface area (Å²) in [5, 5.41) is 0. The van der Waals surface area contributed by atoms with E-state index in [9.17, 15) is 4.79 Å². The smallest absolute Gasteiger partial charge is 0.150 e. The molecule has 3 aromatic carbocycles. The molecule has 0 bridgehead atoms. The molecule has 0 spiro atoms. The molecule has 0 saturated carbocycles. The van der Waals surface area contributed by atoms with Crippen molar-refractivity contribution in [3.05, 3.63) is 106 Å². The van der Waals surface area contributed by atoms with E-state index in [1.165, 1.54) is 16.7 Å². The number of benzene rings is 3. The van der Waals surface area contributed by atoms with E-state index in [0.717, 1.165) is 17.4 Å². The van der Waals surface area contributed by atoms with Gasteiger partial charge in [-0.2, -0.15) is 0 Å². The third-order valence-corrected chi connectivity index (χ3v) is 4.02. The molecule has 0 unspecified atom stereocenters. The first kappa shape index (κ1) is 16.7. The first-order valence-electron chi connectivity index (χ1n) is 8.31. The van der Waals surface area contributed by atoms with Crippen LogP contribution in [0.25, 0.3) is 24.3 Å². The molecule has 0 heterocycles. The highest BCUT2D eigenvalue weighted by atomic mass is 16.1. The Labute approximate surface area is 149 Å². The Balaban J connectivity index is 1.65. The second-order valence-electron chi connectivity index (χ2n) is 6.03. The van der Waals surface area contributed by atoms with Crippen molar-refractivity contribution in [3.8, 4) is 0 Å². The maximum atomic E-state index is 10.7. The summed E-state index contributed by atoms with van der Waals surface area (Å²) in [7, 11) is 0. The fraction of sp³-hybridized carbons (Fsp3) is 0.0417. The minimum atomic E-state index is 0.696. The Kier molecular flexibility index (Phi) is 5.38. The average molecular weight is 324 g/mol. The van der Waals surface area contributed by atoms with Gasteiger partial charge < -0.3 is 0 Å².